The number of nitrogens with one attached hydrogen (secondary N) is 1. The third-order valence-corrected chi connectivity index (χ3v) is 5.94. The summed E-state index contributed by atoms with van der Waals surface area (Å²) in [7, 11) is 3.21. The average molecular weight is 502 g/mol. The van der Waals surface area contributed by atoms with Gasteiger partial charge in [0.05, 0.1) is 31.2 Å². The number of nitrogens with zero attached hydrogens (tertiary/aromatic N) is 2. The highest BCUT2D eigenvalue weighted by molar-refractivity contribution is 5.95. The Balaban J connectivity index is 1.45. The molecule has 190 valence electrons. The Labute approximate surface area is 206 Å². The summed E-state index contributed by atoms with van der Waals surface area (Å²) in [5.41, 5.74) is 3.73. The Kier molecular flexibility index (Phi) is 7.52. The molecule has 2 heterocycles. The number of pyridine rings is 1. The van der Waals surface area contributed by atoms with Crippen molar-refractivity contribution in [3.05, 3.63) is 72.1 Å². The molecule has 36 heavy (non-hydrogen) atoms. The van der Waals surface area contributed by atoms with Gasteiger partial charge in [-0.05, 0) is 48.4 Å². The third-order valence-electron chi connectivity index (χ3n) is 5.94. The van der Waals surface area contributed by atoms with Crippen LogP contribution in [0.1, 0.15) is 28.3 Å². The predicted molar refractivity (Wildman–Crippen MR) is 129 cm³/mol. The van der Waals surface area contributed by atoms with E-state index in [1.807, 2.05) is 30.1 Å². The van der Waals surface area contributed by atoms with Crippen LogP contribution in [0, 0.1) is 0 Å². The maximum absolute atomic E-state index is 12.4. The molecule has 0 saturated carbocycles. The quantitative estimate of drug-likeness (QED) is 0.406. The molecule has 4 rings (SSSR count). The number of esters is 1. The summed E-state index contributed by atoms with van der Waals surface area (Å²) in [6.07, 6.45) is -0.428. The minimum atomic E-state index is -4.38. The van der Waals surface area contributed by atoms with Gasteiger partial charge in [0.2, 0.25) is 0 Å². The number of rotatable bonds is 8. The number of anilines is 3. The summed E-state index contributed by atoms with van der Waals surface area (Å²) in [6.45, 7) is -0.194. The zero-order valence-corrected chi connectivity index (χ0v) is 19.8. The number of hydrogen-bond donors (Lipinski definition) is 1. The van der Waals surface area contributed by atoms with E-state index in [0.717, 1.165) is 29.1 Å². The molecule has 1 aliphatic heterocycles. The van der Waals surface area contributed by atoms with Gasteiger partial charge in [-0.25, -0.2) is 4.79 Å². The lowest BCUT2D eigenvalue weighted by Gasteiger charge is -2.28. The number of fused-ring (bicyclic) bond motifs is 1. The molecule has 7 nitrogen and oxygen atoms in total. The van der Waals surface area contributed by atoms with E-state index < -0.39 is 18.8 Å². The Morgan fingerprint density at radius 2 is 1.92 bits per heavy atom. The second-order valence-electron chi connectivity index (χ2n) is 8.31. The minimum Gasteiger partial charge on any atom is -0.493 e. The predicted octanol–water partition coefficient (Wildman–Crippen LogP) is 5.56. The number of alkyl halides is 3. The van der Waals surface area contributed by atoms with Crippen molar-refractivity contribution in [2.75, 3.05) is 44.1 Å². The first kappa shape index (κ1) is 25.2. The topological polar surface area (TPSA) is 72.9 Å². The summed E-state index contributed by atoms with van der Waals surface area (Å²) in [5.74, 6) is 0.642. The molecule has 0 aliphatic carbocycles. The molecule has 1 atom stereocenters. The average Bonchev–Trinajstić information content (AvgIpc) is 2.89. The van der Waals surface area contributed by atoms with Gasteiger partial charge in [-0.2, -0.15) is 13.2 Å². The van der Waals surface area contributed by atoms with Crippen LogP contribution in [0.15, 0.2) is 60.9 Å². The van der Waals surface area contributed by atoms with Crippen molar-refractivity contribution in [3.8, 4) is 11.5 Å². The number of carbonyl (C=O) groups is 1. The van der Waals surface area contributed by atoms with Crippen molar-refractivity contribution in [1.82, 2.24) is 4.98 Å². The van der Waals surface area contributed by atoms with Crippen molar-refractivity contribution in [2.45, 2.75) is 18.5 Å². The Morgan fingerprint density at radius 1 is 1.17 bits per heavy atom. The van der Waals surface area contributed by atoms with Crippen molar-refractivity contribution in [2.24, 2.45) is 0 Å². The maximum Gasteiger partial charge on any atom is 0.422 e. The third kappa shape index (κ3) is 5.99. The van der Waals surface area contributed by atoms with Crippen LogP contribution in [0.2, 0.25) is 0 Å². The van der Waals surface area contributed by atoms with Crippen LogP contribution in [0.25, 0.3) is 0 Å². The normalized spacial score (nSPS) is 14.9. The molecule has 1 N–H and O–H groups in total. The summed E-state index contributed by atoms with van der Waals surface area (Å²) >= 11 is 0. The standard InChI is InChI=1S/C26H26F3N3O4/c1-32(18-3-6-20(7-4-18)36-16-26(27,28)29)19-5-8-21-17(10-12-35-24(21)13-19)14-31-23-15-30-11-9-22(23)25(33)34-2/h3-9,11,13,15,17,31H,10,12,14,16H2,1-2H3/t17-/m0/s1. The van der Waals surface area contributed by atoms with Gasteiger partial charge < -0.3 is 24.4 Å². The number of carbonyl (C=O) groups excluding carboxylic acids is 1. The summed E-state index contributed by atoms with van der Waals surface area (Å²) in [4.78, 5) is 18.0. The maximum atomic E-state index is 12.4. The Morgan fingerprint density at radius 3 is 2.64 bits per heavy atom. The molecular formula is C26H26F3N3O4. The molecule has 0 saturated heterocycles. The van der Waals surface area contributed by atoms with E-state index in [4.69, 9.17) is 14.2 Å². The SMILES string of the molecule is COC(=O)c1ccncc1NC[C@@H]1CCOc2cc(N(C)c3ccc(OCC(F)(F)F)cc3)ccc21. The van der Waals surface area contributed by atoms with E-state index in [1.54, 1.807) is 30.6 Å². The van der Waals surface area contributed by atoms with Gasteiger partial charge in [0.15, 0.2) is 6.61 Å². The molecule has 2 aromatic carbocycles. The monoisotopic (exact) mass is 501 g/mol. The Bertz CT molecular complexity index is 1200. The molecule has 1 aliphatic rings. The largest absolute Gasteiger partial charge is 0.493 e. The summed E-state index contributed by atoms with van der Waals surface area (Å²) in [6, 6.07) is 14.0. The number of ether oxygens (including phenoxy) is 3. The van der Waals surface area contributed by atoms with Crippen LogP contribution in [0.4, 0.5) is 30.2 Å². The van der Waals surface area contributed by atoms with E-state index in [-0.39, 0.29) is 11.7 Å². The lowest BCUT2D eigenvalue weighted by atomic mass is 9.92. The smallest absolute Gasteiger partial charge is 0.422 e. The van der Waals surface area contributed by atoms with Crippen LogP contribution >= 0.6 is 0 Å². The summed E-state index contributed by atoms with van der Waals surface area (Å²) in [5, 5.41) is 3.32. The van der Waals surface area contributed by atoms with E-state index in [9.17, 15) is 18.0 Å². The Hall–Kier alpha value is -3.95. The van der Waals surface area contributed by atoms with Crippen molar-refractivity contribution >= 4 is 23.0 Å². The van der Waals surface area contributed by atoms with Gasteiger partial charge >= 0.3 is 12.1 Å². The molecule has 3 aromatic rings. The zero-order chi connectivity index (χ0) is 25.7. The summed E-state index contributed by atoms with van der Waals surface area (Å²) < 4.78 is 52.6. The number of hydrogen-bond acceptors (Lipinski definition) is 7. The van der Waals surface area contributed by atoms with Crippen molar-refractivity contribution in [3.63, 3.8) is 0 Å². The van der Waals surface area contributed by atoms with Crippen molar-refractivity contribution < 1.29 is 32.2 Å². The van der Waals surface area contributed by atoms with Gasteiger partial charge in [-0.3, -0.25) is 4.98 Å². The van der Waals surface area contributed by atoms with Crippen LogP contribution < -0.4 is 19.7 Å². The molecule has 0 amide bonds. The van der Waals surface area contributed by atoms with Crippen LogP contribution in [0.5, 0.6) is 11.5 Å². The number of aromatic nitrogens is 1. The number of methoxy groups -OCH3 is 1. The fourth-order valence-corrected chi connectivity index (χ4v) is 4.01. The van der Waals surface area contributed by atoms with Crippen LogP contribution in [-0.2, 0) is 4.74 Å². The number of benzene rings is 2. The van der Waals surface area contributed by atoms with Crippen LogP contribution in [0.3, 0.4) is 0 Å². The molecule has 0 unspecified atom stereocenters. The fourth-order valence-electron chi connectivity index (χ4n) is 4.01. The molecule has 0 fully saturated rings. The number of halogens is 3. The van der Waals surface area contributed by atoms with Gasteiger partial charge in [0, 0.05) is 43.1 Å². The highest BCUT2D eigenvalue weighted by Gasteiger charge is 2.28. The fraction of sp³-hybridized carbons (Fsp3) is 0.308. The molecule has 0 radical (unpaired) electrons. The van der Waals surface area contributed by atoms with E-state index in [2.05, 4.69) is 10.3 Å². The lowest BCUT2D eigenvalue weighted by molar-refractivity contribution is -0.153. The van der Waals surface area contributed by atoms with Gasteiger partial charge in [0.25, 0.3) is 0 Å². The molecule has 10 heteroatoms. The van der Waals surface area contributed by atoms with E-state index >= 15 is 0 Å². The van der Waals surface area contributed by atoms with E-state index in [1.165, 1.54) is 19.2 Å². The molecule has 0 spiro atoms. The first-order chi connectivity index (χ1) is 17.2. The second kappa shape index (κ2) is 10.8. The molecule has 0 bridgehead atoms. The minimum absolute atomic E-state index is 0.151. The first-order valence-electron chi connectivity index (χ1n) is 11.3. The van der Waals surface area contributed by atoms with Gasteiger partial charge in [0.1, 0.15) is 11.5 Å². The van der Waals surface area contributed by atoms with Gasteiger partial charge in [-0.1, -0.05) is 6.07 Å². The van der Waals surface area contributed by atoms with Crippen molar-refractivity contribution in [1.29, 1.82) is 0 Å². The van der Waals surface area contributed by atoms with Crippen LogP contribution in [-0.4, -0.2) is 51.0 Å². The molecular weight excluding hydrogens is 475 g/mol. The second-order valence-corrected chi connectivity index (χ2v) is 8.31. The highest BCUT2D eigenvalue weighted by Crippen LogP contribution is 2.38. The first-order valence-corrected chi connectivity index (χ1v) is 11.3. The lowest BCUT2D eigenvalue weighted by Crippen LogP contribution is -2.22. The zero-order valence-electron chi connectivity index (χ0n) is 19.8. The molecule has 1 aromatic heterocycles. The van der Waals surface area contributed by atoms with E-state index in [0.29, 0.717) is 24.4 Å². The highest BCUT2D eigenvalue weighted by atomic mass is 19.4. The van der Waals surface area contributed by atoms with Gasteiger partial charge in [-0.15, -0.1) is 0 Å².